The molecule has 0 radical (unpaired) electrons. The maximum Gasteiger partial charge on any atom is 0.0553 e. The number of hydrogen-bond acceptors (Lipinski definition) is 2. The first-order valence-corrected chi connectivity index (χ1v) is 7.65. The molecule has 1 heterocycles. The highest BCUT2D eigenvalue weighted by Gasteiger charge is 2.18. The Kier molecular flexibility index (Phi) is 5.59. The molecule has 0 aliphatic heterocycles. The van der Waals surface area contributed by atoms with Crippen LogP contribution in [0.2, 0.25) is 0 Å². The first kappa shape index (κ1) is 14.3. The number of likely N-dealkylation sites (N-methyl/N-ethyl adjacent to an activating group) is 1. The number of aromatic nitrogens is 1. The molecule has 19 heavy (non-hydrogen) atoms. The van der Waals surface area contributed by atoms with Gasteiger partial charge in [0.05, 0.1) is 6.04 Å². The smallest absolute Gasteiger partial charge is 0.0553 e. The zero-order chi connectivity index (χ0) is 13.5. The molecule has 0 aromatic carbocycles. The first-order chi connectivity index (χ1) is 9.33. The van der Waals surface area contributed by atoms with E-state index in [0.717, 1.165) is 6.54 Å². The van der Waals surface area contributed by atoms with E-state index in [2.05, 4.69) is 36.3 Å². The summed E-state index contributed by atoms with van der Waals surface area (Å²) in [5.41, 5.74) is 4.25. The monoisotopic (exact) mass is 258 g/mol. The Morgan fingerprint density at radius 3 is 2.89 bits per heavy atom. The molecule has 1 atom stereocenters. The van der Waals surface area contributed by atoms with Crippen LogP contribution in [-0.4, -0.2) is 11.5 Å². The van der Waals surface area contributed by atoms with Crippen LogP contribution >= 0.6 is 0 Å². The predicted octanol–water partition coefficient (Wildman–Crippen LogP) is 4.32. The summed E-state index contributed by atoms with van der Waals surface area (Å²) in [5.74, 6) is 0. The fourth-order valence-electron chi connectivity index (χ4n) is 2.90. The number of hydrogen-bond donors (Lipinski definition) is 1. The van der Waals surface area contributed by atoms with Crippen LogP contribution in [0.4, 0.5) is 0 Å². The van der Waals surface area contributed by atoms with Gasteiger partial charge >= 0.3 is 0 Å². The molecule has 1 aromatic heterocycles. The summed E-state index contributed by atoms with van der Waals surface area (Å²) < 4.78 is 0. The van der Waals surface area contributed by atoms with Crippen LogP contribution < -0.4 is 5.32 Å². The Bertz CT molecular complexity index is 423. The predicted molar refractivity (Wildman–Crippen MR) is 81.2 cm³/mol. The number of rotatable bonds is 4. The molecule has 104 valence electrons. The molecule has 0 saturated heterocycles. The molecule has 0 fully saturated rings. The molecule has 1 aliphatic carbocycles. The van der Waals surface area contributed by atoms with E-state index < -0.39 is 0 Å². The van der Waals surface area contributed by atoms with Crippen molar-refractivity contribution in [3.8, 4) is 0 Å². The van der Waals surface area contributed by atoms with Gasteiger partial charge in [-0.15, -0.1) is 0 Å². The van der Waals surface area contributed by atoms with Gasteiger partial charge in [0, 0.05) is 12.4 Å². The Morgan fingerprint density at radius 1 is 1.26 bits per heavy atom. The van der Waals surface area contributed by atoms with Crippen molar-refractivity contribution in [3.05, 3.63) is 41.2 Å². The second-order valence-corrected chi connectivity index (χ2v) is 5.45. The van der Waals surface area contributed by atoms with Crippen molar-refractivity contribution in [2.75, 3.05) is 6.54 Å². The topological polar surface area (TPSA) is 24.9 Å². The summed E-state index contributed by atoms with van der Waals surface area (Å²) in [7, 11) is 0. The van der Waals surface area contributed by atoms with Gasteiger partial charge in [-0.05, 0) is 56.3 Å². The number of aryl methyl sites for hydroxylation is 1. The highest BCUT2D eigenvalue weighted by molar-refractivity contribution is 5.32. The van der Waals surface area contributed by atoms with E-state index in [9.17, 15) is 0 Å². The molecule has 1 aromatic rings. The lowest BCUT2D eigenvalue weighted by Gasteiger charge is -2.24. The Balaban J connectivity index is 2.25. The van der Waals surface area contributed by atoms with Gasteiger partial charge in [-0.2, -0.15) is 0 Å². The Hall–Kier alpha value is -1.15. The lowest BCUT2D eigenvalue weighted by atomic mass is 9.90. The third-order valence-corrected chi connectivity index (χ3v) is 4.00. The zero-order valence-corrected chi connectivity index (χ0v) is 12.3. The van der Waals surface area contributed by atoms with Crippen LogP contribution in [0, 0.1) is 6.92 Å². The van der Waals surface area contributed by atoms with Crippen LogP contribution in [0.5, 0.6) is 0 Å². The van der Waals surface area contributed by atoms with Gasteiger partial charge in [0.15, 0.2) is 0 Å². The van der Waals surface area contributed by atoms with Gasteiger partial charge in [0.25, 0.3) is 0 Å². The van der Waals surface area contributed by atoms with Crippen molar-refractivity contribution in [3.63, 3.8) is 0 Å². The summed E-state index contributed by atoms with van der Waals surface area (Å²) in [6.45, 7) is 5.36. The molecule has 1 unspecified atom stereocenters. The second kappa shape index (κ2) is 7.44. The van der Waals surface area contributed by atoms with Gasteiger partial charge in [-0.3, -0.25) is 4.98 Å². The van der Waals surface area contributed by atoms with E-state index >= 15 is 0 Å². The Labute approximate surface area is 117 Å². The molecular formula is C17H26N2. The standard InChI is InChI=1S/C17H26N2/c1-3-19-17(16-13-18-12-11-14(16)2)15-9-7-5-4-6-8-10-15/h9,11-13,17,19H,3-8,10H2,1-2H3/b15-9+. The van der Waals surface area contributed by atoms with Crippen molar-refractivity contribution in [2.24, 2.45) is 0 Å². The molecular weight excluding hydrogens is 232 g/mol. The normalized spacial score (nSPS) is 21.1. The molecule has 0 spiro atoms. The van der Waals surface area contributed by atoms with E-state index in [4.69, 9.17) is 0 Å². The van der Waals surface area contributed by atoms with Gasteiger partial charge < -0.3 is 5.32 Å². The molecule has 2 nitrogen and oxygen atoms in total. The van der Waals surface area contributed by atoms with Crippen LogP contribution in [0.25, 0.3) is 0 Å². The number of nitrogens with one attached hydrogen (secondary N) is 1. The molecule has 2 rings (SSSR count). The van der Waals surface area contributed by atoms with E-state index in [0.29, 0.717) is 6.04 Å². The van der Waals surface area contributed by atoms with Gasteiger partial charge in [0.1, 0.15) is 0 Å². The largest absolute Gasteiger partial charge is 0.307 e. The minimum atomic E-state index is 0.358. The van der Waals surface area contributed by atoms with Crippen LogP contribution in [-0.2, 0) is 0 Å². The van der Waals surface area contributed by atoms with Gasteiger partial charge in [-0.25, -0.2) is 0 Å². The minimum Gasteiger partial charge on any atom is -0.307 e. The third-order valence-electron chi connectivity index (χ3n) is 4.00. The Morgan fingerprint density at radius 2 is 2.11 bits per heavy atom. The molecule has 0 amide bonds. The summed E-state index contributed by atoms with van der Waals surface area (Å²) in [6, 6.07) is 2.47. The van der Waals surface area contributed by atoms with E-state index in [1.165, 1.54) is 49.7 Å². The van der Waals surface area contributed by atoms with Gasteiger partial charge in [0.2, 0.25) is 0 Å². The number of pyridine rings is 1. The van der Waals surface area contributed by atoms with E-state index in [1.54, 1.807) is 5.57 Å². The first-order valence-electron chi connectivity index (χ1n) is 7.65. The fraction of sp³-hybridized carbons (Fsp3) is 0.588. The van der Waals surface area contributed by atoms with Crippen LogP contribution in [0.15, 0.2) is 30.1 Å². The highest BCUT2D eigenvalue weighted by Crippen LogP contribution is 2.29. The number of allylic oxidation sites excluding steroid dienone is 1. The molecule has 0 saturated carbocycles. The highest BCUT2D eigenvalue weighted by atomic mass is 14.9. The van der Waals surface area contributed by atoms with E-state index in [-0.39, 0.29) is 0 Å². The fourth-order valence-corrected chi connectivity index (χ4v) is 2.90. The lowest BCUT2D eigenvalue weighted by molar-refractivity contribution is 0.551. The summed E-state index contributed by atoms with van der Waals surface area (Å²) in [6.07, 6.45) is 14.3. The summed E-state index contributed by atoms with van der Waals surface area (Å²) >= 11 is 0. The van der Waals surface area contributed by atoms with Crippen molar-refractivity contribution in [2.45, 2.75) is 58.4 Å². The maximum atomic E-state index is 4.32. The summed E-state index contributed by atoms with van der Waals surface area (Å²) in [5, 5.41) is 3.65. The quantitative estimate of drug-likeness (QED) is 0.813. The van der Waals surface area contributed by atoms with Crippen molar-refractivity contribution in [1.82, 2.24) is 10.3 Å². The maximum absolute atomic E-state index is 4.32. The van der Waals surface area contributed by atoms with Crippen LogP contribution in [0.3, 0.4) is 0 Å². The number of nitrogens with zero attached hydrogens (tertiary/aromatic N) is 1. The van der Waals surface area contributed by atoms with Crippen molar-refractivity contribution in [1.29, 1.82) is 0 Å². The SMILES string of the molecule is CCNC(/C1=C/CCCCCC1)c1cnccc1C. The third kappa shape index (κ3) is 3.90. The average Bonchev–Trinajstić information content (AvgIpc) is 2.37. The average molecular weight is 258 g/mol. The second-order valence-electron chi connectivity index (χ2n) is 5.45. The van der Waals surface area contributed by atoms with Crippen molar-refractivity contribution >= 4 is 0 Å². The van der Waals surface area contributed by atoms with Crippen LogP contribution in [0.1, 0.15) is 62.6 Å². The molecule has 1 N–H and O–H groups in total. The lowest BCUT2D eigenvalue weighted by Crippen LogP contribution is -2.24. The molecule has 1 aliphatic rings. The summed E-state index contributed by atoms with van der Waals surface area (Å²) in [4.78, 5) is 4.32. The zero-order valence-electron chi connectivity index (χ0n) is 12.3. The van der Waals surface area contributed by atoms with E-state index in [1.807, 2.05) is 12.4 Å². The minimum absolute atomic E-state index is 0.358. The molecule has 2 heteroatoms. The van der Waals surface area contributed by atoms with Gasteiger partial charge in [-0.1, -0.05) is 31.4 Å². The molecule has 0 bridgehead atoms. The van der Waals surface area contributed by atoms with Crippen molar-refractivity contribution < 1.29 is 0 Å².